The third-order valence-electron chi connectivity index (χ3n) is 5.04. The van der Waals surface area contributed by atoms with Crippen LogP contribution in [0.1, 0.15) is 48.3 Å². The molecule has 2 aromatic rings. The Morgan fingerprint density at radius 3 is 2.70 bits per heavy atom. The van der Waals surface area contributed by atoms with Gasteiger partial charge in [-0.05, 0) is 32.9 Å². The topological polar surface area (TPSA) is 94.6 Å². The van der Waals surface area contributed by atoms with E-state index in [4.69, 9.17) is 14.3 Å². The first-order valence-electron chi connectivity index (χ1n) is 8.89. The van der Waals surface area contributed by atoms with Gasteiger partial charge in [-0.25, -0.2) is 4.68 Å². The second-order valence-electron chi connectivity index (χ2n) is 7.86. The van der Waals surface area contributed by atoms with Crippen LogP contribution in [0.25, 0.3) is 0 Å². The minimum Gasteiger partial charge on any atom is -0.493 e. The molecular formula is C19H23N3O5. The highest BCUT2D eigenvalue weighted by Crippen LogP contribution is 2.45. The summed E-state index contributed by atoms with van der Waals surface area (Å²) in [5.74, 6) is 0.814. The molecule has 3 heterocycles. The van der Waals surface area contributed by atoms with Crippen LogP contribution in [-0.2, 0) is 10.4 Å². The number of carbonyl (C=O) groups is 1. The molecule has 0 radical (unpaired) electrons. The highest BCUT2D eigenvalue weighted by Gasteiger charge is 2.40. The largest absolute Gasteiger partial charge is 0.493 e. The van der Waals surface area contributed by atoms with Gasteiger partial charge in [0.15, 0.2) is 11.5 Å². The van der Waals surface area contributed by atoms with Crippen LogP contribution in [0.5, 0.6) is 11.5 Å². The zero-order chi connectivity index (χ0) is 19.3. The van der Waals surface area contributed by atoms with Crippen LogP contribution in [0, 0.1) is 5.92 Å². The van der Waals surface area contributed by atoms with Crippen molar-refractivity contribution in [3.8, 4) is 11.5 Å². The molecule has 8 heteroatoms. The van der Waals surface area contributed by atoms with Gasteiger partial charge in [0.2, 0.25) is 5.78 Å². The molecule has 2 unspecified atom stereocenters. The minimum absolute atomic E-state index is 0.0913. The maximum absolute atomic E-state index is 13.3. The standard InChI is InChI=1S/C19H23N3O5/c1-19(2,3)22-18(24)12(7-20-22)16(23)11-5-6-13(25-4)17-14(11)15-10(8-26-17)9-27-21-15/h5-7,10,15,20-21H,8-9H2,1-4H3. The number of nitrogens with one attached hydrogen (secondary N) is 2. The zero-order valence-electron chi connectivity index (χ0n) is 15.8. The van der Waals surface area contributed by atoms with Crippen LogP contribution in [0.2, 0.25) is 0 Å². The number of carbonyl (C=O) groups excluding carboxylic acids is 1. The minimum atomic E-state index is -0.454. The molecule has 2 aliphatic rings. The summed E-state index contributed by atoms with van der Waals surface area (Å²) in [6.07, 6.45) is 1.46. The van der Waals surface area contributed by atoms with E-state index in [0.717, 1.165) is 0 Å². The number of methoxy groups -OCH3 is 1. The number of ketones is 1. The van der Waals surface area contributed by atoms with Crippen molar-refractivity contribution in [2.45, 2.75) is 32.4 Å². The van der Waals surface area contributed by atoms with Crippen LogP contribution < -0.4 is 20.5 Å². The average Bonchev–Trinajstić information content (AvgIpc) is 3.25. The first-order chi connectivity index (χ1) is 12.8. The Balaban J connectivity index is 1.85. The predicted molar refractivity (Wildman–Crippen MR) is 97.3 cm³/mol. The van der Waals surface area contributed by atoms with E-state index in [1.165, 1.54) is 10.9 Å². The normalized spacial score (nSPS) is 21.3. The molecule has 0 bridgehead atoms. The number of hydrogen-bond acceptors (Lipinski definition) is 6. The SMILES string of the molecule is COc1ccc(C(=O)c2c[nH]n(C(C)(C)C)c2=O)c2c1OCC1CONC21. The van der Waals surface area contributed by atoms with Crippen molar-refractivity contribution in [2.75, 3.05) is 20.3 Å². The molecule has 0 saturated carbocycles. The van der Waals surface area contributed by atoms with Gasteiger partial charge in [0.1, 0.15) is 5.56 Å². The summed E-state index contributed by atoms with van der Waals surface area (Å²) in [7, 11) is 1.55. The molecule has 2 N–H and O–H groups in total. The molecule has 2 atom stereocenters. The molecule has 27 heavy (non-hydrogen) atoms. The number of hydroxylamine groups is 1. The fourth-order valence-corrected chi connectivity index (χ4v) is 3.64. The molecule has 1 aromatic carbocycles. The fraction of sp³-hybridized carbons (Fsp3) is 0.474. The maximum atomic E-state index is 13.3. The molecule has 144 valence electrons. The third-order valence-corrected chi connectivity index (χ3v) is 5.04. The highest BCUT2D eigenvalue weighted by molar-refractivity contribution is 6.10. The predicted octanol–water partition coefficient (Wildman–Crippen LogP) is 1.76. The second-order valence-corrected chi connectivity index (χ2v) is 7.86. The van der Waals surface area contributed by atoms with Gasteiger partial charge < -0.3 is 19.4 Å². The Kier molecular flexibility index (Phi) is 4.12. The number of benzene rings is 1. The van der Waals surface area contributed by atoms with E-state index in [-0.39, 0.29) is 28.9 Å². The van der Waals surface area contributed by atoms with Gasteiger partial charge >= 0.3 is 0 Å². The van der Waals surface area contributed by atoms with Crippen LogP contribution in [0.4, 0.5) is 0 Å². The van der Waals surface area contributed by atoms with Crippen LogP contribution in [0.15, 0.2) is 23.1 Å². The van der Waals surface area contributed by atoms with Gasteiger partial charge in [0.05, 0.1) is 31.9 Å². The van der Waals surface area contributed by atoms with Gasteiger partial charge in [-0.15, -0.1) is 0 Å². The quantitative estimate of drug-likeness (QED) is 0.796. The fourth-order valence-electron chi connectivity index (χ4n) is 3.64. The summed E-state index contributed by atoms with van der Waals surface area (Å²) in [6.45, 7) is 6.65. The summed E-state index contributed by atoms with van der Waals surface area (Å²) < 4.78 is 12.7. The molecule has 0 aliphatic carbocycles. The number of hydrogen-bond donors (Lipinski definition) is 2. The van der Waals surface area contributed by atoms with Crippen molar-refractivity contribution in [1.29, 1.82) is 0 Å². The Morgan fingerprint density at radius 1 is 1.26 bits per heavy atom. The first-order valence-corrected chi connectivity index (χ1v) is 8.89. The molecule has 1 fully saturated rings. The molecule has 8 nitrogen and oxygen atoms in total. The molecule has 1 aromatic heterocycles. The number of ether oxygens (including phenoxy) is 2. The molecule has 0 amide bonds. The van der Waals surface area contributed by atoms with Crippen molar-refractivity contribution < 1.29 is 19.1 Å². The van der Waals surface area contributed by atoms with Crippen molar-refractivity contribution in [3.05, 3.63) is 45.4 Å². The summed E-state index contributed by atoms with van der Waals surface area (Å²) in [6, 6.07) is 3.18. The molecule has 4 rings (SSSR count). The highest BCUT2D eigenvalue weighted by atomic mass is 16.7. The van der Waals surface area contributed by atoms with E-state index in [2.05, 4.69) is 10.6 Å². The summed E-state index contributed by atoms with van der Waals surface area (Å²) >= 11 is 0. The van der Waals surface area contributed by atoms with Crippen LogP contribution >= 0.6 is 0 Å². The number of fused-ring (bicyclic) bond motifs is 3. The van der Waals surface area contributed by atoms with Gasteiger partial charge in [0.25, 0.3) is 5.56 Å². The van der Waals surface area contributed by atoms with Gasteiger partial charge in [-0.2, -0.15) is 5.48 Å². The second kappa shape index (κ2) is 6.24. The molecule has 1 saturated heterocycles. The Bertz CT molecular complexity index is 953. The van der Waals surface area contributed by atoms with E-state index in [1.54, 1.807) is 19.2 Å². The van der Waals surface area contributed by atoms with E-state index < -0.39 is 5.54 Å². The lowest BCUT2D eigenvalue weighted by Crippen LogP contribution is -2.34. The Labute approximate surface area is 156 Å². The third kappa shape index (κ3) is 2.76. The van der Waals surface area contributed by atoms with Crippen LogP contribution in [-0.4, -0.2) is 35.9 Å². The Hall–Kier alpha value is -2.58. The Morgan fingerprint density at radius 2 is 2.04 bits per heavy atom. The first kappa shape index (κ1) is 17.8. The van der Waals surface area contributed by atoms with Crippen molar-refractivity contribution >= 4 is 5.78 Å². The van der Waals surface area contributed by atoms with E-state index in [9.17, 15) is 9.59 Å². The van der Waals surface area contributed by atoms with E-state index >= 15 is 0 Å². The van der Waals surface area contributed by atoms with Crippen molar-refractivity contribution in [3.63, 3.8) is 0 Å². The van der Waals surface area contributed by atoms with E-state index in [0.29, 0.717) is 35.8 Å². The van der Waals surface area contributed by atoms with Gasteiger partial charge in [-0.3, -0.25) is 9.59 Å². The van der Waals surface area contributed by atoms with Crippen molar-refractivity contribution in [1.82, 2.24) is 15.3 Å². The number of aromatic nitrogens is 2. The summed E-state index contributed by atoms with van der Waals surface area (Å²) in [5, 5.41) is 2.90. The molecule has 2 aliphatic heterocycles. The van der Waals surface area contributed by atoms with Crippen LogP contribution in [0.3, 0.4) is 0 Å². The lowest BCUT2D eigenvalue weighted by molar-refractivity contribution is 0.0859. The smallest absolute Gasteiger partial charge is 0.278 e. The lowest BCUT2D eigenvalue weighted by Gasteiger charge is -2.29. The van der Waals surface area contributed by atoms with Gasteiger partial charge in [0, 0.05) is 23.2 Å². The van der Waals surface area contributed by atoms with Crippen molar-refractivity contribution in [2.24, 2.45) is 5.92 Å². The molecule has 0 spiro atoms. The maximum Gasteiger partial charge on any atom is 0.278 e. The number of rotatable bonds is 3. The zero-order valence-corrected chi connectivity index (χ0v) is 15.8. The number of H-pyrrole nitrogens is 1. The van der Waals surface area contributed by atoms with E-state index in [1.807, 2.05) is 20.8 Å². The summed E-state index contributed by atoms with van der Waals surface area (Å²) in [4.78, 5) is 31.4. The average molecular weight is 373 g/mol. The number of aromatic amines is 1. The number of nitrogens with zero attached hydrogens (tertiary/aromatic N) is 1. The monoisotopic (exact) mass is 373 g/mol. The van der Waals surface area contributed by atoms with Gasteiger partial charge in [-0.1, -0.05) is 0 Å². The summed E-state index contributed by atoms with van der Waals surface area (Å²) in [5.41, 5.74) is 3.36. The lowest BCUT2D eigenvalue weighted by atomic mass is 9.86. The molecular weight excluding hydrogens is 350 g/mol.